The number of nitrogens with two attached hydrogens (primary N) is 1. The van der Waals surface area contributed by atoms with E-state index >= 15 is 0 Å². The van der Waals surface area contributed by atoms with Gasteiger partial charge in [0.25, 0.3) is 0 Å². The molecule has 3 rings (SSSR count). The van der Waals surface area contributed by atoms with E-state index in [0.29, 0.717) is 12.3 Å². The lowest BCUT2D eigenvalue weighted by molar-refractivity contribution is 0.415. The van der Waals surface area contributed by atoms with E-state index in [4.69, 9.17) is 14.9 Å². The summed E-state index contributed by atoms with van der Waals surface area (Å²) in [5.41, 5.74) is 8.83. The van der Waals surface area contributed by atoms with Crippen LogP contribution >= 0.6 is 0 Å². The summed E-state index contributed by atoms with van der Waals surface area (Å²) in [6.07, 6.45) is 0.699. The number of fused-ring (bicyclic) bond motifs is 1. The smallest absolute Gasteiger partial charge is 0.212 e. The van der Waals surface area contributed by atoms with Crippen LogP contribution < -0.4 is 10.5 Å². The van der Waals surface area contributed by atoms with Crippen LogP contribution in [0.15, 0.2) is 52.9 Å². The Morgan fingerprint density at radius 2 is 2.00 bits per heavy atom. The van der Waals surface area contributed by atoms with E-state index in [2.05, 4.69) is 4.98 Å². The minimum atomic E-state index is -0.254. The molecular formula is C16H16N2O2. The lowest BCUT2D eigenvalue weighted by Gasteiger charge is -2.06. The minimum absolute atomic E-state index is 0.254. The largest absolute Gasteiger partial charge is 0.497 e. The Morgan fingerprint density at radius 3 is 2.75 bits per heavy atom. The van der Waals surface area contributed by atoms with Crippen LogP contribution in [0.3, 0.4) is 0 Å². The number of rotatable bonds is 4. The van der Waals surface area contributed by atoms with Gasteiger partial charge in [0.15, 0.2) is 5.58 Å². The number of oxazole rings is 1. The zero-order valence-corrected chi connectivity index (χ0v) is 11.2. The molecule has 0 radical (unpaired) electrons. The minimum Gasteiger partial charge on any atom is -0.497 e. The van der Waals surface area contributed by atoms with Gasteiger partial charge in [-0.3, -0.25) is 0 Å². The summed E-state index contributed by atoms with van der Waals surface area (Å²) in [5.74, 6) is 1.31. The zero-order chi connectivity index (χ0) is 13.9. The van der Waals surface area contributed by atoms with Gasteiger partial charge in [0.05, 0.1) is 13.2 Å². The first-order valence-electron chi connectivity index (χ1n) is 6.50. The lowest BCUT2D eigenvalue weighted by Crippen LogP contribution is -2.13. The van der Waals surface area contributed by atoms with Gasteiger partial charge in [0, 0.05) is 6.07 Å². The number of ether oxygens (including phenoxy) is 1. The number of methoxy groups -OCH3 is 1. The van der Waals surface area contributed by atoms with E-state index < -0.39 is 0 Å². The molecule has 1 aromatic heterocycles. The molecule has 4 heteroatoms. The maximum Gasteiger partial charge on any atom is 0.212 e. The number of hydrogen-bond acceptors (Lipinski definition) is 4. The van der Waals surface area contributed by atoms with Crippen LogP contribution in [0, 0.1) is 0 Å². The average molecular weight is 268 g/mol. The zero-order valence-electron chi connectivity index (χ0n) is 11.2. The SMILES string of the molecule is COc1ccc2oc(C(N)Cc3ccccc3)nc2c1. The Morgan fingerprint density at radius 1 is 1.20 bits per heavy atom. The molecule has 2 N–H and O–H groups in total. The van der Waals surface area contributed by atoms with Gasteiger partial charge < -0.3 is 14.9 Å². The number of aromatic nitrogens is 1. The van der Waals surface area contributed by atoms with Crippen LogP contribution in [0.4, 0.5) is 0 Å². The summed E-state index contributed by atoms with van der Waals surface area (Å²) in [4.78, 5) is 4.45. The van der Waals surface area contributed by atoms with Gasteiger partial charge in [-0.1, -0.05) is 30.3 Å². The number of hydrogen-bond donors (Lipinski definition) is 1. The monoisotopic (exact) mass is 268 g/mol. The third-order valence-corrected chi connectivity index (χ3v) is 3.23. The molecule has 1 atom stereocenters. The highest BCUT2D eigenvalue weighted by atomic mass is 16.5. The molecule has 0 aliphatic rings. The van der Waals surface area contributed by atoms with Gasteiger partial charge in [-0.2, -0.15) is 0 Å². The van der Waals surface area contributed by atoms with E-state index in [1.165, 1.54) is 5.56 Å². The van der Waals surface area contributed by atoms with Crippen LogP contribution in [0.5, 0.6) is 5.75 Å². The molecule has 0 spiro atoms. The lowest BCUT2D eigenvalue weighted by atomic mass is 10.1. The predicted molar refractivity (Wildman–Crippen MR) is 77.6 cm³/mol. The second-order valence-corrected chi connectivity index (χ2v) is 4.68. The molecule has 4 nitrogen and oxygen atoms in total. The Bertz CT molecular complexity index is 707. The van der Waals surface area contributed by atoms with E-state index in [-0.39, 0.29) is 6.04 Å². The van der Waals surface area contributed by atoms with Gasteiger partial charge in [-0.15, -0.1) is 0 Å². The Hall–Kier alpha value is -2.33. The molecule has 0 saturated heterocycles. The van der Waals surface area contributed by atoms with Crippen molar-refractivity contribution in [3.8, 4) is 5.75 Å². The second-order valence-electron chi connectivity index (χ2n) is 4.68. The predicted octanol–water partition coefficient (Wildman–Crippen LogP) is 3.08. The average Bonchev–Trinajstić information content (AvgIpc) is 2.91. The first kappa shape index (κ1) is 12.7. The standard InChI is InChI=1S/C16H16N2O2/c1-19-12-7-8-15-14(10-12)18-16(20-15)13(17)9-11-5-3-2-4-6-11/h2-8,10,13H,9,17H2,1H3. The summed E-state index contributed by atoms with van der Waals surface area (Å²) < 4.78 is 10.9. The van der Waals surface area contributed by atoms with Crippen molar-refractivity contribution in [1.29, 1.82) is 0 Å². The van der Waals surface area contributed by atoms with E-state index in [1.54, 1.807) is 7.11 Å². The Balaban J connectivity index is 1.86. The van der Waals surface area contributed by atoms with E-state index in [1.807, 2.05) is 48.5 Å². The maximum atomic E-state index is 6.17. The molecule has 0 aliphatic carbocycles. The number of benzene rings is 2. The van der Waals surface area contributed by atoms with E-state index in [0.717, 1.165) is 16.8 Å². The molecule has 0 amide bonds. The van der Waals surface area contributed by atoms with Gasteiger partial charge in [-0.05, 0) is 24.1 Å². The van der Waals surface area contributed by atoms with Crippen LogP contribution in [0.2, 0.25) is 0 Å². The normalized spacial score (nSPS) is 12.5. The molecule has 102 valence electrons. The van der Waals surface area contributed by atoms with Crippen LogP contribution in [-0.4, -0.2) is 12.1 Å². The van der Waals surface area contributed by atoms with Crippen molar-refractivity contribution < 1.29 is 9.15 Å². The quantitative estimate of drug-likeness (QED) is 0.790. The summed E-state index contributed by atoms with van der Waals surface area (Å²) in [5, 5.41) is 0. The van der Waals surface area contributed by atoms with E-state index in [9.17, 15) is 0 Å². The molecule has 0 fully saturated rings. The van der Waals surface area contributed by atoms with Gasteiger partial charge in [0.2, 0.25) is 5.89 Å². The summed E-state index contributed by atoms with van der Waals surface area (Å²) in [6.45, 7) is 0. The summed E-state index contributed by atoms with van der Waals surface area (Å²) >= 11 is 0. The molecule has 0 bridgehead atoms. The maximum absolute atomic E-state index is 6.17. The fraction of sp³-hybridized carbons (Fsp3) is 0.188. The van der Waals surface area contributed by atoms with Gasteiger partial charge in [0.1, 0.15) is 11.3 Å². The topological polar surface area (TPSA) is 61.3 Å². The molecule has 0 aliphatic heterocycles. The first-order chi connectivity index (χ1) is 9.76. The van der Waals surface area contributed by atoms with Crippen molar-refractivity contribution in [2.24, 2.45) is 5.73 Å². The first-order valence-corrected chi connectivity index (χ1v) is 6.50. The summed E-state index contributed by atoms with van der Waals surface area (Å²) in [6, 6.07) is 15.4. The molecule has 3 aromatic rings. The summed E-state index contributed by atoms with van der Waals surface area (Å²) in [7, 11) is 1.63. The van der Waals surface area contributed by atoms with Gasteiger partial charge in [-0.25, -0.2) is 4.98 Å². The third kappa shape index (κ3) is 2.51. The Kier molecular flexibility index (Phi) is 3.39. The Labute approximate surface area is 117 Å². The highest BCUT2D eigenvalue weighted by Crippen LogP contribution is 2.24. The van der Waals surface area contributed by atoms with Crippen LogP contribution in [0.25, 0.3) is 11.1 Å². The molecule has 0 saturated carbocycles. The van der Waals surface area contributed by atoms with Crippen molar-refractivity contribution in [3.05, 3.63) is 60.0 Å². The molecule has 1 heterocycles. The van der Waals surface area contributed by atoms with Crippen molar-refractivity contribution in [3.63, 3.8) is 0 Å². The molecule has 1 unspecified atom stereocenters. The van der Waals surface area contributed by atoms with Crippen molar-refractivity contribution in [2.45, 2.75) is 12.5 Å². The van der Waals surface area contributed by atoms with Crippen LogP contribution in [0.1, 0.15) is 17.5 Å². The second kappa shape index (κ2) is 5.35. The molecular weight excluding hydrogens is 252 g/mol. The highest BCUT2D eigenvalue weighted by Gasteiger charge is 2.15. The van der Waals surface area contributed by atoms with Crippen LogP contribution in [-0.2, 0) is 6.42 Å². The molecule has 20 heavy (non-hydrogen) atoms. The van der Waals surface area contributed by atoms with Crippen molar-refractivity contribution in [1.82, 2.24) is 4.98 Å². The third-order valence-electron chi connectivity index (χ3n) is 3.23. The molecule has 2 aromatic carbocycles. The fourth-order valence-corrected chi connectivity index (χ4v) is 2.17. The van der Waals surface area contributed by atoms with Crippen molar-refractivity contribution in [2.75, 3.05) is 7.11 Å². The van der Waals surface area contributed by atoms with Crippen molar-refractivity contribution >= 4 is 11.1 Å². The highest BCUT2D eigenvalue weighted by molar-refractivity contribution is 5.74. The number of nitrogens with zero attached hydrogens (tertiary/aromatic N) is 1. The fourth-order valence-electron chi connectivity index (χ4n) is 2.17. The van der Waals surface area contributed by atoms with Gasteiger partial charge >= 0.3 is 0 Å².